The number of benzene rings is 3. The number of aryl methyl sites for hydroxylation is 3. The molecule has 3 aromatic carbocycles. The summed E-state index contributed by atoms with van der Waals surface area (Å²) in [4.78, 5) is 29.5. The van der Waals surface area contributed by atoms with Crippen LogP contribution in [0.25, 0.3) is 0 Å². The van der Waals surface area contributed by atoms with Crippen molar-refractivity contribution in [1.82, 2.24) is 10.2 Å². The number of carbonyl (C=O) groups excluding carboxylic acids is 2. The van der Waals surface area contributed by atoms with Gasteiger partial charge in [0, 0.05) is 12.6 Å². The quantitative estimate of drug-likeness (QED) is 0.319. The van der Waals surface area contributed by atoms with Gasteiger partial charge in [0.2, 0.25) is 11.8 Å². The summed E-state index contributed by atoms with van der Waals surface area (Å²) in [6.45, 7) is 7.50. The Kier molecular flexibility index (Phi) is 9.86. The number of carbonyl (C=O) groups is 2. The lowest BCUT2D eigenvalue weighted by atomic mass is 10.1. The van der Waals surface area contributed by atoms with Gasteiger partial charge in [-0.2, -0.15) is 0 Å². The normalized spacial score (nSPS) is 14.4. The van der Waals surface area contributed by atoms with Crippen molar-refractivity contribution in [1.29, 1.82) is 0 Å². The molecule has 0 radical (unpaired) electrons. The van der Waals surface area contributed by atoms with E-state index in [1.165, 1.54) is 16.4 Å². The van der Waals surface area contributed by atoms with Crippen LogP contribution in [0.15, 0.2) is 77.7 Å². The smallest absolute Gasteiger partial charge is 0.264 e. The predicted molar refractivity (Wildman–Crippen MR) is 163 cm³/mol. The summed E-state index contributed by atoms with van der Waals surface area (Å²) in [5.41, 5.74) is 4.26. The van der Waals surface area contributed by atoms with Gasteiger partial charge in [0.1, 0.15) is 12.6 Å². The molecule has 0 aromatic heterocycles. The van der Waals surface area contributed by atoms with Crippen molar-refractivity contribution in [3.8, 4) is 0 Å². The molecule has 1 aliphatic carbocycles. The SMILES string of the molecule is CC[C@@H](C(=O)NC1CCCC1)N(Cc1ccccc1C)C(=O)CN(c1ccc(C)c(C)c1)S(=O)(=O)c1ccccc1. The Hall–Kier alpha value is -3.65. The van der Waals surface area contributed by atoms with Crippen molar-refractivity contribution >= 4 is 27.5 Å². The van der Waals surface area contributed by atoms with E-state index in [-0.39, 0.29) is 23.4 Å². The van der Waals surface area contributed by atoms with Gasteiger partial charge in [0.05, 0.1) is 10.6 Å². The standard InChI is InChI=1S/C33H41N3O4S/c1-5-31(33(38)34-28-15-11-12-16-28)35(22-27-14-10-9-13-25(27)3)32(37)23-36(29-20-19-24(2)26(4)21-29)41(39,40)30-17-7-6-8-18-30/h6-10,13-14,17-21,28,31H,5,11-12,15-16,22-23H2,1-4H3,(H,34,38)/t31-/m0/s1. The van der Waals surface area contributed by atoms with Gasteiger partial charge in [-0.1, -0.05) is 68.3 Å². The molecule has 8 heteroatoms. The van der Waals surface area contributed by atoms with E-state index in [0.29, 0.717) is 12.1 Å². The first-order valence-electron chi connectivity index (χ1n) is 14.4. The Morgan fingerprint density at radius 3 is 2.17 bits per heavy atom. The Labute approximate surface area is 244 Å². The highest BCUT2D eigenvalue weighted by Gasteiger charge is 2.34. The number of hydrogen-bond donors (Lipinski definition) is 1. The molecule has 0 saturated heterocycles. The highest BCUT2D eigenvalue weighted by molar-refractivity contribution is 7.92. The van der Waals surface area contributed by atoms with E-state index >= 15 is 0 Å². The van der Waals surface area contributed by atoms with Crippen LogP contribution in [0.3, 0.4) is 0 Å². The minimum atomic E-state index is -4.08. The van der Waals surface area contributed by atoms with Crippen LogP contribution in [0.2, 0.25) is 0 Å². The fraction of sp³-hybridized carbons (Fsp3) is 0.394. The summed E-state index contributed by atoms with van der Waals surface area (Å²) in [6, 6.07) is 20.7. The average Bonchev–Trinajstić information content (AvgIpc) is 3.47. The minimum absolute atomic E-state index is 0.0995. The van der Waals surface area contributed by atoms with E-state index in [1.807, 2.05) is 58.0 Å². The Morgan fingerprint density at radius 1 is 0.878 bits per heavy atom. The first-order valence-corrected chi connectivity index (χ1v) is 15.8. The molecule has 1 aliphatic rings. The van der Waals surface area contributed by atoms with Gasteiger partial charge in [-0.15, -0.1) is 0 Å². The molecule has 41 heavy (non-hydrogen) atoms. The molecular weight excluding hydrogens is 534 g/mol. The third-order valence-electron chi connectivity index (χ3n) is 8.08. The summed E-state index contributed by atoms with van der Waals surface area (Å²) >= 11 is 0. The van der Waals surface area contributed by atoms with E-state index < -0.39 is 28.5 Å². The predicted octanol–water partition coefficient (Wildman–Crippen LogP) is 5.67. The van der Waals surface area contributed by atoms with Gasteiger partial charge in [-0.3, -0.25) is 13.9 Å². The zero-order valence-electron chi connectivity index (χ0n) is 24.5. The lowest BCUT2D eigenvalue weighted by Gasteiger charge is -2.34. The molecule has 3 aromatic rings. The molecule has 2 amide bonds. The van der Waals surface area contributed by atoms with Gasteiger partial charge in [0.25, 0.3) is 10.0 Å². The van der Waals surface area contributed by atoms with Crippen LogP contribution < -0.4 is 9.62 Å². The van der Waals surface area contributed by atoms with Crippen LogP contribution in [0, 0.1) is 20.8 Å². The molecular formula is C33H41N3O4S. The maximum absolute atomic E-state index is 14.3. The fourth-order valence-corrected chi connectivity index (χ4v) is 6.81. The average molecular weight is 576 g/mol. The van der Waals surface area contributed by atoms with Crippen LogP contribution >= 0.6 is 0 Å². The number of amides is 2. The Morgan fingerprint density at radius 2 is 1.54 bits per heavy atom. The van der Waals surface area contributed by atoms with Crippen molar-refractivity contribution in [3.05, 3.63) is 95.1 Å². The third-order valence-corrected chi connectivity index (χ3v) is 9.87. The van der Waals surface area contributed by atoms with E-state index in [0.717, 1.165) is 47.9 Å². The lowest BCUT2D eigenvalue weighted by Crippen LogP contribution is -2.53. The summed E-state index contributed by atoms with van der Waals surface area (Å²) in [5.74, 6) is -0.621. The maximum atomic E-state index is 14.3. The summed E-state index contributed by atoms with van der Waals surface area (Å²) in [5, 5.41) is 3.16. The van der Waals surface area contributed by atoms with Gasteiger partial charge < -0.3 is 10.2 Å². The zero-order chi connectivity index (χ0) is 29.6. The van der Waals surface area contributed by atoms with Gasteiger partial charge in [0.15, 0.2) is 0 Å². The monoisotopic (exact) mass is 575 g/mol. The number of sulfonamides is 1. The largest absolute Gasteiger partial charge is 0.352 e. The van der Waals surface area contributed by atoms with Gasteiger partial charge in [-0.05, 0) is 86.6 Å². The van der Waals surface area contributed by atoms with Crippen LogP contribution in [0.4, 0.5) is 5.69 Å². The van der Waals surface area contributed by atoms with E-state index in [9.17, 15) is 18.0 Å². The summed E-state index contributed by atoms with van der Waals surface area (Å²) < 4.78 is 29.1. The minimum Gasteiger partial charge on any atom is -0.352 e. The fourth-order valence-electron chi connectivity index (χ4n) is 5.39. The molecule has 1 atom stereocenters. The molecule has 1 fully saturated rings. The molecule has 0 bridgehead atoms. The van der Waals surface area contributed by atoms with Crippen LogP contribution in [-0.4, -0.2) is 43.8 Å². The van der Waals surface area contributed by atoms with Gasteiger partial charge >= 0.3 is 0 Å². The first-order chi connectivity index (χ1) is 19.6. The van der Waals surface area contributed by atoms with E-state index in [4.69, 9.17) is 0 Å². The molecule has 0 spiro atoms. The van der Waals surface area contributed by atoms with Crippen LogP contribution in [0.5, 0.6) is 0 Å². The van der Waals surface area contributed by atoms with Crippen molar-refractivity contribution in [2.75, 3.05) is 10.8 Å². The molecule has 4 rings (SSSR count). The molecule has 218 valence electrons. The van der Waals surface area contributed by atoms with Crippen LogP contribution in [0.1, 0.15) is 61.3 Å². The lowest BCUT2D eigenvalue weighted by molar-refractivity contribution is -0.140. The van der Waals surface area contributed by atoms with Gasteiger partial charge in [-0.25, -0.2) is 8.42 Å². The number of nitrogens with zero attached hydrogens (tertiary/aromatic N) is 2. The Bertz CT molecular complexity index is 1470. The highest BCUT2D eigenvalue weighted by atomic mass is 32.2. The maximum Gasteiger partial charge on any atom is 0.264 e. The van der Waals surface area contributed by atoms with E-state index in [2.05, 4.69) is 5.32 Å². The summed E-state index contributed by atoms with van der Waals surface area (Å²) in [7, 11) is -4.08. The summed E-state index contributed by atoms with van der Waals surface area (Å²) in [6.07, 6.45) is 4.44. The van der Waals surface area contributed by atoms with Crippen LogP contribution in [-0.2, 0) is 26.2 Å². The molecule has 1 saturated carbocycles. The number of anilines is 1. The van der Waals surface area contributed by atoms with E-state index in [1.54, 1.807) is 35.2 Å². The number of nitrogens with one attached hydrogen (secondary N) is 1. The molecule has 1 N–H and O–H groups in total. The second kappa shape index (κ2) is 13.3. The van der Waals surface area contributed by atoms with Crippen molar-refractivity contribution in [3.63, 3.8) is 0 Å². The molecule has 0 heterocycles. The highest BCUT2D eigenvalue weighted by Crippen LogP contribution is 2.27. The van der Waals surface area contributed by atoms with Crippen molar-refractivity contribution in [2.45, 2.75) is 83.3 Å². The third kappa shape index (κ3) is 7.17. The van der Waals surface area contributed by atoms with Crippen molar-refractivity contribution < 1.29 is 18.0 Å². The second-order valence-corrected chi connectivity index (χ2v) is 12.8. The molecule has 7 nitrogen and oxygen atoms in total. The molecule has 0 aliphatic heterocycles. The first kappa shape index (κ1) is 30.3. The topological polar surface area (TPSA) is 86.8 Å². The molecule has 0 unspecified atom stereocenters. The second-order valence-electron chi connectivity index (χ2n) is 11.0. The zero-order valence-corrected chi connectivity index (χ0v) is 25.3. The van der Waals surface area contributed by atoms with Crippen molar-refractivity contribution in [2.24, 2.45) is 0 Å². The Balaban J connectivity index is 1.73. The number of rotatable bonds is 11. The number of hydrogen-bond acceptors (Lipinski definition) is 4.